The SMILES string of the molecule is CC1(C)COC2(CCN(C(=O)[C@H]3C[C@@H]3C3CCC3)CC2)OC1. The van der Waals surface area contributed by atoms with E-state index in [0.29, 0.717) is 17.7 Å². The zero-order chi connectivity index (χ0) is 15.4. The van der Waals surface area contributed by atoms with Gasteiger partial charge in [0.05, 0.1) is 13.2 Å². The Labute approximate surface area is 133 Å². The summed E-state index contributed by atoms with van der Waals surface area (Å²) in [6, 6.07) is 0. The van der Waals surface area contributed by atoms with E-state index >= 15 is 0 Å². The number of rotatable bonds is 2. The third-order valence-corrected chi connectivity index (χ3v) is 6.20. The standard InChI is InChI=1S/C18H29NO3/c1-17(2)11-21-18(22-12-17)6-8-19(9-7-18)16(20)15-10-14(15)13-4-3-5-13/h13-15H,3-12H2,1-2H3/t14-,15+/m1/s1. The van der Waals surface area contributed by atoms with Crippen LogP contribution < -0.4 is 0 Å². The summed E-state index contributed by atoms with van der Waals surface area (Å²) in [5.74, 6) is 1.90. The number of piperidine rings is 1. The third-order valence-electron chi connectivity index (χ3n) is 6.20. The molecule has 4 rings (SSSR count). The molecule has 4 nitrogen and oxygen atoms in total. The van der Waals surface area contributed by atoms with Crippen molar-refractivity contribution in [2.75, 3.05) is 26.3 Å². The van der Waals surface area contributed by atoms with Gasteiger partial charge < -0.3 is 14.4 Å². The molecule has 2 saturated carbocycles. The summed E-state index contributed by atoms with van der Waals surface area (Å²) in [4.78, 5) is 14.7. The molecule has 22 heavy (non-hydrogen) atoms. The molecule has 4 fully saturated rings. The van der Waals surface area contributed by atoms with E-state index in [2.05, 4.69) is 18.7 Å². The van der Waals surface area contributed by atoms with Crippen LogP contribution in [0.4, 0.5) is 0 Å². The summed E-state index contributed by atoms with van der Waals surface area (Å²) < 4.78 is 12.1. The van der Waals surface area contributed by atoms with Crippen LogP contribution in [0.3, 0.4) is 0 Å². The van der Waals surface area contributed by atoms with Gasteiger partial charge in [0.25, 0.3) is 0 Å². The van der Waals surface area contributed by atoms with E-state index in [1.54, 1.807) is 0 Å². The predicted octanol–water partition coefficient (Wildman–Crippen LogP) is 2.81. The molecule has 0 N–H and O–H groups in total. The fraction of sp³-hybridized carbons (Fsp3) is 0.944. The molecule has 0 bridgehead atoms. The van der Waals surface area contributed by atoms with Gasteiger partial charge in [-0.15, -0.1) is 0 Å². The van der Waals surface area contributed by atoms with Gasteiger partial charge in [0, 0.05) is 37.3 Å². The average Bonchev–Trinajstić information content (AvgIpc) is 3.21. The molecule has 124 valence electrons. The van der Waals surface area contributed by atoms with Gasteiger partial charge >= 0.3 is 0 Å². The Kier molecular flexibility index (Phi) is 3.53. The highest BCUT2D eigenvalue weighted by molar-refractivity contribution is 5.81. The first kappa shape index (κ1) is 14.9. The number of carbonyl (C=O) groups is 1. The first-order chi connectivity index (χ1) is 10.5. The molecule has 0 radical (unpaired) electrons. The fourth-order valence-corrected chi connectivity index (χ4v) is 4.22. The number of ether oxygens (including phenoxy) is 2. The number of carbonyl (C=O) groups excluding carboxylic acids is 1. The van der Waals surface area contributed by atoms with E-state index in [1.807, 2.05) is 0 Å². The van der Waals surface area contributed by atoms with Crippen molar-refractivity contribution in [1.82, 2.24) is 4.90 Å². The van der Waals surface area contributed by atoms with Crippen molar-refractivity contribution in [2.24, 2.45) is 23.2 Å². The lowest BCUT2D eigenvalue weighted by molar-refractivity contribution is -0.312. The predicted molar refractivity (Wildman–Crippen MR) is 83.2 cm³/mol. The van der Waals surface area contributed by atoms with Crippen molar-refractivity contribution in [3.63, 3.8) is 0 Å². The fourth-order valence-electron chi connectivity index (χ4n) is 4.22. The Bertz CT molecular complexity index is 437. The Hall–Kier alpha value is -0.610. The highest BCUT2D eigenvalue weighted by atomic mass is 16.7. The number of amides is 1. The lowest BCUT2D eigenvalue weighted by Gasteiger charge is -2.47. The zero-order valence-corrected chi connectivity index (χ0v) is 14.0. The minimum absolute atomic E-state index is 0.113. The van der Waals surface area contributed by atoms with E-state index in [0.717, 1.165) is 51.5 Å². The molecule has 0 aromatic carbocycles. The van der Waals surface area contributed by atoms with Gasteiger partial charge in [0.1, 0.15) is 0 Å². The summed E-state index contributed by atoms with van der Waals surface area (Å²) in [5, 5.41) is 0. The molecule has 1 amide bonds. The van der Waals surface area contributed by atoms with Crippen molar-refractivity contribution in [1.29, 1.82) is 0 Å². The maximum atomic E-state index is 12.6. The van der Waals surface area contributed by atoms with Crippen molar-refractivity contribution < 1.29 is 14.3 Å². The van der Waals surface area contributed by atoms with E-state index < -0.39 is 5.79 Å². The summed E-state index contributed by atoms with van der Waals surface area (Å²) >= 11 is 0. The van der Waals surface area contributed by atoms with E-state index in [1.165, 1.54) is 19.3 Å². The lowest BCUT2D eigenvalue weighted by Crippen LogP contribution is -2.54. The minimum atomic E-state index is -0.413. The quantitative estimate of drug-likeness (QED) is 0.787. The second-order valence-corrected chi connectivity index (χ2v) is 8.67. The van der Waals surface area contributed by atoms with Crippen LogP contribution in [0.1, 0.15) is 52.4 Å². The highest BCUT2D eigenvalue weighted by Crippen LogP contribution is 2.52. The Balaban J connectivity index is 1.28. The summed E-state index contributed by atoms with van der Waals surface area (Å²) in [6.45, 7) is 7.46. The second kappa shape index (κ2) is 5.20. The molecule has 2 atom stereocenters. The van der Waals surface area contributed by atoms with Crippen LogP contribution in [-0.2, 0) is 14.3 Å². The third kappa shape index (κ3) is 2.69. The molecule has 0 unspecified atom stereocenters. The molecular formula is C18H29NO3. The Morgan fingerprint density at radius 2 is 1.73 bits per heavy atom. The second-order valence-electron chi connectivity index (χ2n) is 8.67. The van der Waals surface area contributed by atoms with Gasteiger partial charge in [-0.1, -0.05) is 33.1 Å². The summed E-state index contributed by atoms with van der Waals surface area (Å²) in [6.07, 6.45) is 6.89. The molecule has 2 saturated heterocycles. The van der Waals surface area contributed by atoms with Crippen LogP contribution in [0.5, 0.6) is 0 Å². The molecule has 2 aliphatic carbocycles. The smallest absolute Gasteiger partial charge is 0.225 e. The highest BCUT2D eigenvalue weighted by Gasteiger charge is 2.51. The minimum Gasteiger partial charge on any atom is -0.349 e. The summed E-state index contributed by atoms with van der Waals surface area (Å²) in [7, 11) is 0. The van der Waals surface area contributed by atoms with Crippen LogP contribution in [0.25, 0.3) is 0 Å². The number of nitrogens with zero attached hydrogens (tertiary/aromatic N) is 1. The van der Waals surface area contributed by atoms with E-state index in [-0.39, 0.29) is 5.41 Å². The van der Waals surface area contributed by atoms with E-state index in [9.17, 15) is 4.79 Å². The Morgan fingerprint density at radius 1 is 1.09 bits per heavy atom. The maximum Gasteiger partial charge on any atom is 0.225 e. The molecule has 0 aromatic rings. The van der Waals surface area contributed by atoms with Crippen LogP contribution in [0, 0.1) is 23.2 Å². The molecule has 4 heteroatoms. The normalized spacial score (nSPS) is 36.9. The molecule has 1 spiro atoms. The molecule has 2 heterocycles. The van der Waals surface area contributed by atoms with E-state index in [4.69, 9.17) is 9.47 Å². The van der Waals surface area contributed by atoms with Crippen LogP contribution >= 0.6 is 0 Å². The van der Waals surface area contributed by atoms with Crippen molar-refractivity contribution >= 4 is 5.91 Å². The number of likely N-dealkylation sites (tertiary alicyclic amines) is 1. The zero-order valence-electron chi connectivity index (χ0n) is 14.0. The number of hydrogen-bond donors (Lipinski definition) is 0. The topological polar surface area (TPSA) is 38.8 Å². The van der Waals surface area contributed by atoms with Crippen LogP contribution in [0.2, 0.25) is 0 Å². The first-order valence-electron chi connectivity index (χ1n) is 9.05. The van der Waals surface area contributed by atoms with Crippen LogP contribution in [0.15, 0.2) is 0 Å². The average molecular weight is 307 g/mol. The first-order valence-corrected chi connectivity index (χ1v) is 9.05. The van der Waals surface area contributed by atoms with Gasteiger partial charge in [0.2, 0.25) is 5.91 Å². The van der Waals surface area contributed by atoms with Gasteiger partial charge in [-0.3, -0.25) is 4.79 Å². The largest absolute Gasteiger partial charge is 0.349 e. The number of hydrogen-bond acceptors (Lipinski definition) is 3. The van der Waals surface area contributed by atoms with Crippen molar-refractivity contribution in [2.45, 2.75) is 58.2 Å². The molecule has 4 aliphatic rings. The van der Waals surface area contributed by atoms with Gasteiger partial charge in [-0.25, -0.2) is 0 Å². The Morgan fingerprint density at radius 3 is 2.27 bits per heavy atom. The summed E-state index contributed by atoms with van der Waals surface area (Å²) in [5.41, 5.74) is 0.113. The molecular weight excluding hydrogens is 278 g/mol. The van der Waals surface area contributed by atoms with Crippen molar-refractivity contribution in [3.8, 4) is 0 Å². The van der Waals surface area contributed by atoms with Crippen molar-refractivity contribution in [3.05, 3.63) is 0 Å². The lowest BCUT2D eigenvalue weighted by atomic mass is 9.81. The van der Waals surface area contributed by atoms with Gasteiger partial charge in [-0.05, 0) is 18.3 Å². The molecule has 0 aromatic heterocycles. The van der Waals surface area contributed by atoms with Crippen LogP contribution in [-0.4, -0.2) is 42.9 Å². The monoisotopic (exact) mass is 307 g/mol. The van der Waals surface area contributed by atoms with Gasteiger partial charge in [-0.2, -0.15) is 0 Å². The molecule has 2 aliphatic heterocycles. The maximum absolute atomic E-state index is 12.6. The van der Waals surface area contributed by atoms with Gasteiger partial charge in [0.15, 0.2) is 5.79 Å².